The highest BCUT2D eigenvalue weighted by Gasteiger charge is 2.41. The second-order valence-electron chi connectivity index (χ2n) is 15.7. The number of amides is 4. The highest BCUT2D eigenvalue weighted by atomic mass is 35.5. The van der Waals surface area contributed by atoms with Gasteiger partial charge in [-0.2, -0.15) is 0 Å². The van der Waals surface area contributed by atoms with Crippen molar-refractivity contribution in [1.82, 2.24) is 30.1 Å². The van der Waals surface area contributed by atoms with Crippen LogP contribution in [0.4, 0.5) is 28.1 Å². The molecule has 14 nitrogen and oxygen atoms in total. The van der Waals surface area contributed by atoms with E-state index in [0.29, 0.717) is 63.7 Å². The molecule has 4 amide bonds. The van der Waals surface area contributed by atoms with E-state index < -0.39 is 0 Å². The largest absolute Gasteiger partial charge is 0.362 e. The van der Waals surface area contributed by atoms with E-state index in [9.17, 15) is 19.2 Å². The molecule has 3 atom stereocenters. The van der Waals surface area contributed by atoms with Gasteiger partial charge in [0.2, 0.25) is 17.7 Å². The average Bonchev–Trinajstić information content (AvgIpc) is 3.78. The summed E-state index contributed by atoms with van der Waals surface area (Å²) < 4.78 is 0. The smallest absolute Gasteiger partial charge is 0.267 e. The molecule has 16 heteroatoms. The van der Waals surface area contributed by atoms with Crippen LogP contribution in [-0.4, -0.2) is 106 Å². The summed E-state index contributed by atoms with van der Waals surface area (Å²) in [4.78, 5) is 73.7. The van der Waals surface area contributed by atoms with Crippen LogP contribution in [0.25, 0.3) is 0 Å². The average molecular weight is 825 g/mol. The number of unbranched alkanes of at least 4 members (excludes halogenated alkanes) is 1. The molecule has 0 radical (unpaired) electrons. The fourth-order valence-corrected chi connectivity index (χ4v) is 9.67. The molecule has 4 fully saturated rings. The molecule has 6 heterocycles. The molecule has 0 spiro atoms. The van der Waals surface area contributed by atoms with Gasteiger partial charge < -0.3 is 25.3 Å². The number of nitrogens with zero attached hydrogens (tertiary/aromatic N) is 7. The Kier molecular flexibility index (Phi) is 11.9. The number of aryl methyl sites for hydroxylation is 2. The first-order valence-corrected chi connectivity index (χ1v) is 21.4. The van der Waals surface area contributed by atoms with Crippen LogP contribution in [0.3, 0.4) is 0 Å². The lowest BCUT2D eigenvalue weighted by Gasteiger charge is -2.42. The Morgan fingerprint density at radius 1 is 0.948 bits per heavy atom. The molecule has 2 bridgehead atoms. The number of carbonyl (C=O) groups is 4. The molecule has 2 aromatic heterocycles. The third kappa shape index (κ3) is 8.96. The first-order chi connectivity index (χ1) is 28.1. The minimum Gasteiger partial charge on any atom is -0.362 e. The number of halogens is 1. The van der Waals surface area contributed by atoms with Gasteiger partial charge in [0.1, 0.15) is 22.3 Å². The van der Waals surface area contributed by atoms with Gasteiger partial charge in [0.05, 0.1) is 22.8 Å². The van der Waals surface area contributed by atoms with Crippen molar-refractivity contribution in [3.05, 3.63) is 81.6 Å². The molecule has 0 saturated carbocycles. The van der Waals surface area contributed by atoms with Crippen molar-refractivity contribution in [2.45, 2.75) is 76.8 Å². The number of hydrogen-bond donors (Lipinski definition) is 3. The minimum atomic E-state index is -0.283. The zero-order valence-corrected chi connectivity index (χ0v) is 34.4. The normalized spacial score (nSPS) is 20.9. The summed E-state index contributed by atoms with van der Waals surface area (Å²) in [5, 5.41) is 9.65. The molecule has 0 aliphatic carbocycles. The van der Waals surface area contributed by atoms with Crippen molar-refractivity contribution in [3.63, 3.8) is 0 Å². The monoisotopic (exact) mass is 824 g/mol. The second-order valence-corrected chi connectivity index (χ2v) is 17.1. The summed E-state index contributed by atoms with van der Waals surface area (Å²) in [5.41, 5.74) is 3.55. The zero-order valence-electron chi connectivity index (χ0n) is 32.9. The standard InChI is InChI=1S/C42H49ClN10O4S/c1-26-6-5-7-33(43)39(26)49-41(57)34-23-44-42(58-34)47-35-22-36(46-27(2)45-35)51-20-18-50(19-21-51)17-4-3-8-38(55)52-24-30-13-14-31(25-52)53(30)29-11-9-28(10-12-29)32-15-16-37(54)48-40(32)56/h5-7,9-12,22-23,30-32H,3-4,8,13-21,24-25H2,1-2H3,(H,49,57)(H,48,54,56)(H,44,45,46,47). The lowest BCUT2D eigenvalue weighted by molar-refractivity contribution is -0.134. The third-order valence-electron chi connectivity index (χ3n) is 11.7. The number of para-hydroxylation sites is 1. The number of rotatable bonds is 12. The van der Waals surface area contributed by atoms with Crippen molar-refractivity contribution < 1.29 is 19.2 Å². The zero-order chi connectivity index (χ0) is 40.3. The lowest BCUT2D eigenvalue weighted by Crippen LogP contribution is -2.55. The first kappa shape index (κ1) is 39.7. The Labute approximate surface area is 347 Å². The Morgan fingerprint density at radius 2 is 1.71 bits per heavy atom. The number of imide groups is 1. The second kappa shape index (κ2) is 17.4. The molecule has 4 aliphatic rings. The van der Waals surface area contributed by atoms with E-state index in [1.807, 2.05) is 44.2 Å². The van der Waals surface area contributed by atoms with Crippen LogP contribution >= 0.6 is 22.9 Å². The summed E-state index contributed by atoms with van der Waals surface area (Å²) >= 11 is 7.54. The van der Waals surface area contributed by atoms with Gasteiger partial charge in [-0.1, -0.05) is 47.2 Å². The Morgan fingerprint density at radius 3 is 2.43 bits per heavy atom. The van der Waals surface area contributed by atoms with E-state index in [1.54, 1.807) is 12.3 Å². The topological polar surface area (TPSA) is 156 Å². The number of aromatic nitrogens is 3. The van der Waals surface area contributed by atoms with E-state index >= 15 is 0 Å². The number of piperidine rings is 1. The fourth-order valence-electron chi connectivity index (χ4n) is 8.68. The van der Waals surface area contributed by atoms with Crippen molar-refractivity contribution in [3.8, 4) is 0 Å². The van der Waals surface area contributed by atoms with Crippen LogP contribution in [0, 0.1) is 13.8 Å². The third-order valence-corrected chi connectivity index (χ3v) is 13.0. The number of hydrogen-bond acceptors (Lipinski definition) is 12. The van der Waals surface area contributed by atoms with Crippen LogP contribution in [0.2, 0.25) is 5.02 Å². The summed E-state index contributed by atoms with van der Waals surface area (Å²) in [6.07, 6.45) is 7.02. The molecule has 304 valence electrons. The van der Waals surface area contributed by atoms with E-state index in [2.05, 4.69) is 57.7 Å². The number of likely N-dealkylation sites (tertiary alicyclic amines) is 1. The Bertz CT molecular complexity index is 2140. The maximum absolute atomic E-state index is 13.4. The molecule has 4 aromatic rings. The molecule has 3 unspecified atom stereocenters. The van der Waals surface area contributed by atoms with E-state index in [-0.39, 0.29) is 29.5 Å². The number of piperazine rings is 2. The van der Waals surface area contributed by atoms with E-state index in [4.69, 9.17) is 16.6 Å². The quantitative estimate of drug-likeness (QED) is 0.116. The van der Waals surface area contributed by atoms with Gasteiger partial charge in [0.25, 0.3) is 5.91 Å². The maximum Gasteiger partial charge on any atom is 0.267 e. The fraction of sp³-hybridized carbons (Fsp3) is 0.452. The van der Waals surface area contributed by atoms with E-state index in [1.165, 1.54) is 11.3 Å². The maximum atomic E-state index is 13.4. The summed E-state index contributed by atoms with van der Waals surface area (Å²) in [7, 11) is 0. The number of fused-ring (bicyclic) bond motifs is 2. The SMILES string of the molecule is Cc1nc(Nc2ncc(C(=O)Nc3c(C)cccc3Cl)s2)cc(N2CCN(CCCCC(=O)N3CC4CCC(C3)N4c3ccc(C4CCC(=O)NC4=O)cc3)CC2)n1. The number of thiazole rings is 1. The van der Waals surface area contributed by atoms with Gasteiger partial charge in [-0.05, 0) is 81.8 Å². The number of carbonyl (C=O) groups excluding carboxylic acids is 4. The van der Waals surface area contributed by atoms with Gasteiger partial charge in [-0.25, -0.2) is 15.0 Å². The van der Waals surface area contributed by atoms with Crippen LogP contribution in [0.15, 0.2) is 54.7 Å². The van der Waals surface area contributed by atoms with Crippen LogP contribution in [0.1, 0.15) is 77.5 Å². The molecular weight excluding hydrogens is 776 g/mol. The highest BCUT2D eigenvalue weighted by Crippen LogP contribution is 2.37. The summed E-state index contributed by atoms with van der Waals surface area (Å²) in [6, 6.07) is 16.2. The summed E-state index contributed by atoms with van der Waals surface area (Å²) in [5.74, 6) is 1.40. The lowest BCUT2D eigenvalue weighted by atomic mass is 9.90. The highest BCUT2D eigenvalue weighted by molar-refractivity contribution is 7.17. The van der Waals surface area contributed by atoms with Gasteiger partial charge >= 0.3 is 0 Å². The molecule has 58 heavy (non-hydrogen) atoms. The summed E-state index contributed by atoms with van der Waals surface area (Å²) in [6.45, 7) is 9.72. The molecule has 3 N–H and O–H groups in total. The van der Waals surface area contributed by atoms with Crippen molar-refractivity contribution in [2.75, 3.05) is 66.2 Å². The van der Waals surface area contributed by atoms with E-state index in [0.717, 1.165) is 94.1 Å². The van der Waals surface area contributed by atoms with Crippen LogP contribution < -0.4 is 25.8 Å². The predicted octanol–water partition coefficient (Wildman–Crippen LogP) is 5.89. The van der Waals surface area contributed by atoms with Crippen LogP contribution in [-0.2, 0) is 14.4 Å². The van der Waals surface area contributed by atoms with Crippen molar-refractivity contribution in [1.29, 1.82) is 0 Å². The molecule has 8 rings (SSSR count). The van der Waals surface area contributed by atoms with Crippen molar-refractivity contribution >= 4 is 74.7 Å². The van der Waals surface area contributed by atoms with Crippen LogP contribution in [0.5, 0.6) is 0 Å². The molecular formula is C42H49ClN10O4S. The minimum absolute atomic E-state index is 0.198. The van der Waals surface area contributed by atoms with Gasteiger partial charge in [0, 0.05) is 75.9 Å². The van der Waals surface area contributed by atoms with Crippen molar-refractivity contribution in [2.24, 2.45) is 0 Å². The molecule has 2 aromatic carbocycles. The number of anilines is 5. The van der Waals surface area contributed by atoms with Gasteiger partial charge in [-0.15, -0.1) is 0 Å². The Hall–Kier alpha value is -5.12. The number of nitrogens with one attached hydrogen (secondary N) is 3. The predicted molar refractivity (Wildman–Crippen MR) is 226 cm³/mol. The van der Waals surface area contributed by atoms with Gasteiger partial charge in [0.15, 0.2) is 5.13 Å². The van der Waals surface area contributed by atoms with Gasteiger partial charge in [-0.3, -0.25) is 29.4 Å². The first-order valence-electron chi connectivity index (χ1n) is 20.2. The number of benzene rings is 2. The Balaban J connectivity index is 0.759. The molecule has 4 aliphatic heterocycles. The molecule has 4 saturated heterocycles.